The molecule has 1 fully saturated rings. The first-order chi connectivity index (χ1) is 7.20. The smallest absolute Gasteiger partial charge is 0.160 e. The van der Waals surface area contributed by atoms with E-state index in [2.05, 4.69) is 18.7 Å². The second-order valence-electron chi connectivity index (χ2n) is 3.94. The van der Waals surface area contributed by atoms with Gasteiger partial charge in [0.2, 0.25) is 0 Å². The van der Waals surface area contributed by atoms with Gasteiger partial charge in [0.25, 0.3) is 0 Å². The van der Waals surface area contributed by atoms with Crippen LogP contribution in [0.2, 0.25) is 0 Å². The van der Waals surface area contributed by atoms with Gasteiger partial charge >= 0.3 is 0 Å². The Hall–Kier alpha value is -0.870. The van der Waals surface area contributed by atoms with Gasteiger partial charge in [-0.25, -0.2) is 0 Å². The molecule has 0 spiro atoms. The lowest BCUT2D eigenvalue weighted by Crippen LogP contribution is -2.47. The third-order valence-electron chi connectivity index (χ3n) is 2.62. The summed E-state index contributed by atoms with van der Waals surface area (Å²) >= 11 is 1.55. The highest BCUT2D eigenvalue weighted by atomic mass is 32.1. The van der Waals surface area contributed by atoms with E-state index in [1.807, 2.05) is 12.1 Å². The number of anilines is 1. The molecule has 1 aliphatic heterocycles. The molecule has 0 aliphatic carbocycles. The van der Waals surface area contributed by atoms with Crippen LogP contribution in [0.3, 0.4) is 0 Å². The Bertz CT molecular complexity index is 350. The van der Waals surface area contributed by atoms with E-state index < -0.39 is 0 Å². The number of thiophene rings is 1. The van der Waals surface area contributed by atoms with Crippen LogP contribution in [0, 0.1) is 0 Å². The van der Waals surface area contributed by atoms with Crippen LogP contribution in [0.5, 0.6) is 0 Å². The Morgan fingerprint density at radius 3 is 3.00 bits per heavy atom. The Kier molecular flexibility index (Phi) is 3.07. The molecule has 4 heteroatoms. The van der Waals surface area contributed by atoms with E-state index in [1.54, 1.807) is 11.3 Å². The van der Waals surface area contributed by atoms with E-state index >= 15 is 0 Å². The molecule has 15 heavy (non-hydrogen) atoms. The largest absolute Gasteiger partial charge is 0.375 e. The summed E-state index contributed by atoms with van der Waals surface area (Å²) in [6.45, 7) is 5.88. The molecule has 1 aromatic rings. The van der Waals surface area contributed by atoms with Gasteiger partial charge in [0.15, 0.2) is 6.29 Å². The Balaban J connectivity index is 2.17. The number of aldehydes is 1. The zero-order valence-corrected chi connectivity index (χ0v) is 9.79. The molecule has 1 aromatic heterocycles. The first kappa shape index (κ1) is 10.6. The summed E-state index contributed by atoms with van der Waals surface area (Å²) < 4.78 is 5.57. The van der Waals surface area contributed by atoms with E-state index in [0.29, 0.717) is 6.04 Å². The molecule has 2 atom stereocenters. The van der Waals surface area contributed by atoms with Gasteiger partial charge in [0, 0.05) is 6.54 Å². The maximum Gasteiger partial charge on any atom is 0.160 e. The topological polar surface area (TPSA) is 29.5 Å². The minimum atomic E-state index is 0.267. The van der Waals surface area contributed by atoms with Crippen molar-refractivity contribution >= 4 is 22.6 Å². The number of carbonyl (C=O) groups excluding carboxylic acids is 1. The van der Waals surface area contributed by atoms with Crippen molar-refractivity contribution in [1.29, 1.82) is 0 Å². The molecule has 1 aliphatic rings. The van der Waals surface area contributed by atoms with Gasteiger partial charge in [-0.3, -0.25) is 4.79 Å². The fourth-order valence-electron chi connectivity index (χ4n) is 1.77. The van der Waals surface area contributed by atoms with E-state index in [9.17, 15) is 4.79 Å². The number of carbonyl (C=O) groups is 1. The van der Waals surface area contributed by atoms with Gasteiger partial charge < -0.3 is 9.64 Å². The lowest BCUT2D eigenvalue weighted by Gasteiger charge is -2.37. The summed E-state index contributed by atoms with van der Waals surface area (Å²) in [5.74, 6) is 0. The predicted octanol–water partition coefficient (Wildman–Crippen LogP) is 2.17. The highest BCUT2D eigenvalue weighted by molar-refractivity contribution is 7.17. The van der Waals surface area contributed by atoms with Gasteiger partial charge in [0.05, 0.1) is 28.6 Å². The molecule has 0 N–H and O–H groups in total. The highest BCUT2D eigenvalue weighted by Crippen LogP contribution is 2.28. The molecule has 2 rings (SSSR count). The number of ether oxygens (including phenoxy) is 1. The molecule has 2 heterocycles. The maximum absolute atomic E-state index is 10.6. The van der Waals surface area contributed by atoms with Crippen molar-refractivity contribution in [3.63, 3.8) is 0 Å². The van der Waals surface area contributed by atoms with Crippen LogP contribution in [0.1, 0.15) is 23.5 Å². The molecule has 0 saturated carbocycles. The first-order valence-corrected chi connectivity index (χ1v) is 5.95. The van der Waals surface area contributed by atoms with Gasteiger partial charge in [-0.1, -0.05) is 0 Å². The molecule has 1 saturated heterocycles. The minimum Gasteiger partial charge on any atom is -0.375 e. The summed E-state index contributed by atoms with van der Waals surface area (Å²) in [5, 5.41) is 1.17. The van der Waals surface area contributed by atoms with Crippen molar-refractivity contribution in [3.8, 4) is 0 Å². The minimum absolute atomic E-state index is 0.267. The van der Waals surface area contributed by atoms with Crippen molar-refractivity contribution in [3.05, 3.63) is 17.0 Å². The van der Waals surface area contributed by atoms with Crippen molar-refractivity contribution in [2.75, 3.05) is 18.1 Å². The molecule has 0 radical (unpaired) electrons. The van der Waals surface area contributed by atoms with Gasteiger partial charge in [0.1, 0.15) is 0 Å². The van der Waals surface area contributed by atoms with Crippen LogP contribution in [0.25, 0.3) is 0 Å². The van der Waals surface area contributed by atoms with E-state index in [4.69, 9.17) is 4.74 Å². The van der Waals surface area contributed by atoms with Gasteiger partial charge in [-0.05, 0) is 26.0 Å². The second-order valence-corrected chi connectivity index (χ2v) is 5.03. The van der Waals surface area contributed by atoms with Crippen LogP contribution in [-0.2, 0) is 4.74 Å². The molecule has 3 nitrogen and oxygen atoms in total. The van der Waals surface area contributed by atoms with Crippen molar-refractivity contribution in [2.24, 2.45) is 0 Å². The molecule has 0 bridgehead atoms. The fourth-order valence-corrected chi connectivity index (χ4v) is 2.70. The Morgan fingerprint density at radius 1 is 1.53 bits per heavy atom. The molecule has 82 valence electrons. The number of hydrogen-bond donors (Lipinski definition) is 0. The average Bonchev–Trinajstić information content (AvgIpc) is 2.70. The lowest BCUT2D eigenvalue weighted by molar-refractivity contribution is 0.0346. The highest BCUT2D eigenvalue weighted by Gasteiger charge is 2.24. The van der Waals surface area contributed by atoms with E-state index in [-0.39, 0.29) is 6.10 Å². The molecular formula is C11H15NO2S. The second kappa shape index (κ2) is 4.33. The zero-order valence-electron chi connectivity index (χ0n) is 8.97. The third-order valence-corrected chi connectivity index (χ3v) is 3.67. The molecule has 0 aromatic carbocycles. The van der Waals surface area contributed by atoms with Crippen LogP contribution in [0.4, 0.5) is 5.00 Å². The number of rotatable bonds is 2. The van der Waals surface area contributed by atoms with Crippen molar-refractivity contribution < 1.29 is 9.53 Å². The number of hydrogen-bond acceptors (Lipinski definition) is 4. The average molecular weight is 225 g/mol. The van der Waals surface area contributed by atoms with Crippen LogP contribution < -0.4 is 4.90 Å². The van der Waals surface area contributed by atoms with Crippen LogP contribution in [-0.4, -0.2) is 31.6 Å². The van der Waals surface area contributed by atoms with E-state index in [1.165, 1.54) is 5.00 Å². The van der Waals surface area contributed by atoms with Crippen LogP contribution >= 0.6 is 11.3 Å². The standard InChI is InChI=1S/C11H15NO2S/c1-8-7-14-9(2)5-12(8)11-4-3-10(6-13)15-11/h3-4,6,8-9H,5,7H2,1-2H3. The Labute approximate surface area is 93.7 Å². The van der Waals surface area contributed by atoms with Gasteiger partial charge in [-0.15, -0.1) is 11.3 Å². The van der Waals surface area contributed by atoms with Crippen molar-refractivity contribution in [2.45, 2.75) is 26.0 Å². The lowest BCUT2D eigenvalue weighted by atomic mass is 10.2. The number of morpholine rings is 1. The molecule has 0 amide bonds. The summed E-state index contributed by atoms with van der Waals surface area (Å²) in [7, 11) is 0. The monoisotopic (exact) mass is 225 g/mol. The summed E-state index contributed by atoms with van der Waals surface area (Å²) in [5.41, 5.74) is 0. The third kappa shape index (κ3) is 2.21. The maximum atomic E-state index is 10.6. The normalized spacial score (nSPS) is 26.7. The summed E-state index contributed by atoms with van der Waals surface area (Å²) in [4.78, 5) is 13.7. The summed E-state index contributed by atoms with van der Waals surface area (Å²) in [6, 6.07) is 4.28. The molecule has 2 unspecified atom stereocenters. The zero-order chi connectivity index (χ0) is 10.8. The first-order valence-electron chi connectivity index (χ1n) is 5.14. The predicted molar refractivity (Wildman–Crippen MR) is 61.9 cm³/mol. The number of nitrogens with zero attached hydrogens (tertiary/aromatic N) is 1. The van der Waals surface area contributed by atoms with Crippen LogP contribution in [0.15, 0.2) is 12.1 Å². The van der Waals surface area contributed by atoms with E-state index in [0.717, 1.165) is 24.3 Å². The van der Waals surface area contributed by atoms with Gasteiger partial charge in [-0.2, -0.15) is 0 Å². The Morgan fingerprint density at radius 2 is 2.33 bits per heavy atom. The quantitative estimate of drug-likeness (QED) is 0.722. The summed E-state index contributed by atoms with van der Waals surface area (Å²) in [6.07, 6.45) is 1.17. The molecular weight excluding hydrogens is 210 g/mol. The van der Waals surface area contributed by atoms with Crippen molar-refractivity contribution in [1.82, 2.24) is 0 Å². The fraction of sp³-hybridized carbons (Fsp3) is 0.545. The SMILES string of the molecule is CC1CN(c2ccc(C=O)s2)C(C)CO1.